The van der Waals surface area contributed by atoms with Crippen LogP contribution in [0.3, 0.4) is 0 Å². The van der Waals surface area contributed by atoms with Gasteiger partial charge in [-0.2, -0.15) is 0 Å². The summed E-state index contributed by atoms with van der Waals surface area (Å²) in [4.78, 5) is 8.88. The van der Waals surface area contributed by atoms with E-state index in [0.717, 1.165) is 56.4 Å². The normalized spacial score (nSPS) is 12.0. The van der Waals surface area contributed by atoms with Gasteiger partial charge in [-0.15, -0.1) is 0 Å². The first kappa shape index (κ1) is 31.1. The van der Waals surface area contributed by atoms with Crippen LogP contribution in [0, 0.1) is 0 Å². The second-order valence-electron chi connectivity index (χ2n) is 10.2. The van der Waals surface area contributed by atoms with Gasteiger partial charge in [0.1, 0.15) is 11.9 Å². The minimum atomic E-state index is -0.675. The Morgan fingerprint density at radius 2 is 1.05 bits per heavy atom. The third-order valence-corrected chi connectivity index (χ3v) is 6.81. The molecule has 0 radical (unpaired) electrons. The van der Waals surface area contributed by atoms with Gasteiger partial charge < -0.3 is 9.47 Å². The quantitative estimate of drug-likeness (QED) is 0.138. The van der Waals surface area contributed by atoms with Gasteiger partial charge >= 0.3 is 0 Å². The first-order chi connectivity index (χ1) is 18.2. The lowest BCUT2D eigenvalue weighted by molar-refractivity contribution is 0.260. The minimum Gasteiger partial charge on any atom is -0.494 e. The van der Waals surface area contributed by atoms with Gasteiger partial charge in [0.2, 0.25) is 0 Å². The van der Waals surface area contributed by atoms with E-state index >= 15 is 0 Å². The molecule has 0 N–H and O–H groups in total. The first-order valence-electron chi connectivity index (χ1n) is 15.0. The lowest BCUT2D eigenvalue weighted by atomic mass is 10.1. The molecule has 0 saturated carbocycles. The molecule has 0 amide bonds. The third kappa shape index (κ3) is 15.0. The minimum absolute atomic E-state index is 0.565. The molecule has 2 rings (SSSR count). The molecule has 37 heavy (non-hydrogen) atoms. The molecule has 0 spiro atoms. The molecule has 1 atom stereocenters. The molecular weight excluding hydrogens is 463 g/mol. The number of nitrogens with zero attached hydrogens (tertiary/aromatic N) is 2. The Morgan fingerprint density at radius 3 is 1.65 bits per heavy atom. The summed E-state index contributed by atoms with van der Waals surface area (Å²) in [6.45, 7) is 5.75. The van der Waals surface area contributed by atoms with Crippen molar-refractivity contribution in [2.75, 3.05) is 13.2 Å². The van der Waals surface area contributed by atoms with E-state index in [2.05, 4.69) is 23.8 Å². The molecule has 0 saturated heterocycles. The Morgan fingerprint density at radius 1 is 0.595 bits per heavy atom. The molecule has 0 fully saturated rings. The maximum Gasteiger partial charge on any atom is 0.159 e. The lowest BCUT2D eigenvalue weighted by Gasteiger charge is -2.09. The summed E-state index contributed by atoms with van der Waals surface area (Å²) in [5.74, 6) is 2.21. The SMILES string of the molecule is CCCCCCCCCCCCOc1ccc(-c2ncc(OCCCCC(F)CCCCC)cn2)cc1. The van der Waals surface area contributed by atoms with Gasteiger partial charge in [0.25, 0.3) is 0 Å². The number of unbranched alkanes of at least 4 members (excludes halogenated alkanes) is 12. The average Bonchev–Trinajstić information content (AvgIpc) is 2.92. The van der Waals surface area contributed by atoms with Crippen LogP contribution in [0.5, 0.6) is 11.5 Å². The summed E-state index contributed by atoms with van der Waals surface area (Å²) in [5.41, 5.74) is 0.954. The molecule has 2 aromatic rings. The fraction of sp³-hybridized carbons (Fsp3) is 0.688. The van der Waals surface area contributed by atoms with Gasteiger partial charge in [0.05, 0.1) is 25.6 Å². The van der Waals surface area contributed by atoms with Gasteiger partial charge in [-0.1, -0.05) is 90.9 Å². The molecule has 0 bridgehead atoms. The van der Waals surface area contributed by atoms with Gasteiger partial charge in [-0.05, 0) is 56.4 Å². The van der Waals surface area contributed by atoms with Crippen molar-refractivity contribution < 1.29 is 13.9 Å². The number of rotatable bonds is 23. The summed E-state index contributed by atoms with van der Waals surface area (Å²) in [6, 6.07) is 7.97. The average molecular weight is 515 g/mol. The van der Waals surface area contributed by atoms with E-state index in [0.29, 0.717) is 31.0 Å². The number of hydrogen-bond donors (Lipinski definition) is 0. The molecule has 1 aromatic carbocycles. The number of ether oxygens (including phenoxy) is 2. The Bertz CT molecular complexity index is 782. The van der Waals surface area contributed by atoms with Gasteiger partial charge in [-0.25, -0.2) is 14.4 Å². The summed E-state index contributed by atoms with van der Waals surface area (Å²) < 4.78 is 25.4. The summed E-state index contributed by atoms with van der Waals surface area (Å²) in [5, 5.41) is 0. The molecule has 5 heteroatoms. The Kier molecular flexibility index (Phi) is 17.5. The van der Waals surface area contributed by atoms with Crippen LogP contribution in [-0.2, 0) is 0 Å². The predicted molar refractivity (Wildman–Crippen MR) is 153 cm³/mol. The standard InChI is InChI=1S/C32H51FN2O2/c1-3-5-7-8-9-10-11-12-13-16-24-36-30-22-20-28(21-23-30)32-34-26-31(27-35-32)37-25-17-15-19-29(33)18-14-6-4-2/h20-23,26-27,29H,3-19,24-25H2,1-2H3. The van der Waals surface area contributed by atoms with Gasteiger partial charge in [0, 0.05) is 5.56 Å². The van der Waals surface area contributed by atoms with Gasteiger partial charge in [-0.3, -0.25) is 0 Å². The largest absolute Gasteiger partial charge is 0.494 e. The van der Waals surface area contributed by atoms with E-state index in [4.69, 9.17) is 9.47 Å². The molecule has 0 aliphatic rings. The fourth-order valence-electron chi connectivity index (χ4n) is 4.44. The second-order valence-corrected chi connectivity index (χ2v) is 10.2. The third-order valence-electron chi connectivity index (χ3n) is 6.81. The van der Waals surface area contributed by atoms with E-state index in [9.17, 15) is 4.39 Å². The number of hydrogen-bond acceptors (Lipinski definition) is 4. The van der Waals surface area contributed by atoms with Crippen LogP contribution < -0.4 is 9.47 Å². The van der Waals surface area contributed by atoms with Crippen LogP contribution in [0.2, 0.25) is 0 Å². The monoisotopic (exact) mass is 514 g/mol. The van der Waals surface area contributed by atoms with E-state index in [-0.39, 0.29) is 0 Å². The van der Waals surface area contributed by atoms with Crippen LogP contribution >= 0.6 is 0 Å². The Labute approximate surface area is 225 Å². The van der Waals surface area contributed by atoms with Crippen LogP contribution in [0.4, 0.5) is 4.39 Å². The highest BCUT2D eigenvalue weighted by atomic mass is 19.1. The summed E-state index contributed by atoms with van der Waals surface area (Å²) >= 11 is 0. The van der Waals surface area contributed by atoms with Crippen molar-refractivity contribution in [1.29, 1.82) is 0 Å². The van der Waals surface area contributed by atoms with Crippen molar-refractivity contribution in [1.82, 2.24) is 9.97 Å². The van der Waals surface area contributed by atoms with Crippen molar-refractivity contribution in [3.05, 3.63) is 36.7 Å². The second kappa shape index (κ2) is 20.8. The molecule has 208 valence electrons. The Hall–Kier alpha value is -2.17. The zero-order chi connectivity index (χ0) is 26.4. The number of aromatic nitrogens is 2. The fourth-order valence-corrected chi connectivity index (χ4v) is 4.44. The van der Waals surface area contributed by atoms with Crippen LogP contribution in [-0.4, -0.2) is 29.4 Å². The van der Waals surface area contributed by atoms with E-state index < -0.39 is 6.17 Å². The van der Waals surface area contributed by atoms with Crippen LogP contribution in [0.1, 0.15) is 123 Å². The van der Waals surface area contributed by atoms with E-state index in [1.165, 1.54) is 57.8 Å². The maximum absolute atomic E-state index is 13.8. The molecule has 1 heterocycles. The van der Waals surface area contributed by atoms with Crippen LogP contribution in [0.25, 0.3) is 11.4 Å². The van der Waals surface area contributed by atoms with E-state index in [1.807, 2.05) is 24.3 Å². The van der Waals surface area contributed by atoms with Crippen molar-refractivity contribution in [2.24, 2.45) is 0 Å². The molecule has 0 aliphatic heterocycles. The number of alkyl halides is 1. The number of halogens is 1. The molecule has 1 unspecified atom stereocenters. The summed E-state index contributed by atoms with van der Waals surface area (Å²) in [7, 11) is 0. The smallest absolute Gasteiger partial charge is 0.159 e. The highest BCUT2D eigenvalue weighted by molar-refractivity contribution is 5.56. The molecule has 1 aromatic heterocycles. The topological polar surface area (TPSA) is 44.2 Å². The molecule has 4 nitrogen and oxygen atoms in total. The van der Waals surface area contributed by atoms with Crippen molar-refractivity contribution in [3.63, 3.8) is 0 Å². The highest BCUT2D eigenvalue weighted by Crippen LogP contribution is 2.21. The number of benzene rings is 1. The predicted octanol–water partition coefficient (Wildman–Crippen LogP) is 9.91. The molecule has 0 aliphatic carbocycles. The van der Waals surface area contributed by atoms with Crippen molar-refractivity contribution in [3.8, 4) is 22.9 Å². The van der Waals surface area contributed by atoms with E-state index in [1.54, 1.807) is 12.4 Å². The van der Waals surface area contributed by atoms with Crippen LogP contribution in [0.15, 0.2) is 36.7 Å². The zero-order valence-electron chi connectivity index (χ0n) is 23.6. The summed E-state index contributed by atoms with van der Waals surface area (Å²) in [6.07, 6.45) is 22.3. The molecular formula is C32H51FN2O2. The van der Waals surface area contributed by atoms with Crippen molar-refractivity contribution in [2.45, 2.75) is 129 Å². The zero-order valence-corrected chi connectivity index (χ0v) is 23.6. The maximum atomic E-state index is 13.8. The Balaban J connectivity index is 1.55. The first-order valence-corrected chi connectivity index (χ1v) is 15.0. The van der Waals surface area contributed by atoms with Crippen molar-refractivity contribution >= 4 is 0 Å². The van der Waals surface area contributed by atoms with Gasteiger partial charge in [0.15, 0.2) is 11.6 Å². The lowest BCUT2D eigenvalue weighted by Crippen LogP contribution is -2.03. The highest BCUT2D eigenvalue weighted by Gasteiger charge is 2.06.